The molecule has 20 heavy (non-hydrogen) atoms. The van der Waals surface area contributed by atoms with Crippen LogP contribution >= 0.6 is 0 Å². The van der Waals surface area contributed by atoms with E-state index in [0.717, 1.165) is 37.4 Å². The van der Waals surface area contributed by atoms with Crippen LogP contribution in [0.3, 0.4) is 0 Å². The van der Waals surface area contributed by atoms with Gasteiger partial charge in [-0.15, -0.1) is 0 Å². The van der Waals surface area contributed by atoms with E-state index in [1.54, 1.807) is 0 Å². The number of carbonyl (C=O) groups is 1. The Morgan fingerprint density at radius 3 is 3.10 bits per heavy atom. The molecule has 1 aliphatic rings. The molecule has 0 aromatic carbocycles. The van der Waals surface area contributed by atoms with Gasteiger partial charge in [-0.05, 0) is 31.9 Å². The predicted octanol–water partition coefficient (Wildman–Crippen LogP) is 2.76. The number of carbonyl (C=O) groups excluding carboxylic acids is 1. The molecule has 1 amide bonds. The van der Waals surface area contributed by atoms with E-state index in [9.17, 15) is 4.79 Å². The van der Waals surface area contributed by atoms with Crippen molar-refractivity contribution in [3.8, 4) is 0 Å². The lowest BCUT2D eigenvalue weighted by Gasteiger charge is -2.32. The van der Waals surface area contributed by atoms with Crippen LogP contribution in [0, 0.1) is 6.92 Å². The van der Waals surface area contributed by atoms with Crippen molar-refractivity contribution in [3.63, 3.8) is 0 Å². The average Bonchev–Trinajstić information content (AvgIpc) is 2.84. The Morgan fingerprint density at radius 2 is 2.30 bits per heavy atom. The number of pyridine rings is 1. The van der Waals surface area contributed by atoms with E-state index in [1.807, 2.05) is 24.0 Å². The van der Waals surface area contributed by atoms with Gasteiger partial charge in [-0.3, -0.25) is 4.79 Å². The molecule has 106 valence electrons. The van der Waals surface area contributed by atoms with E-state index in [0.29, 0.717) is 12.3 Å². The molecule has 0 saturated carbocycles. The van der Waals surface area contributed by atoms with Crippen LogP contribution in [0.2, 0.25) is 0 Å². The predicted molar refractivity (Wildman–Crippen MR) is 78.8 cm³/mol. The van der Waals surface area contributed by atoms with Gasteiger partial charge < -0.3 is 9.30 Å². The van der Waals surface area contributed by atoms with Gasteiger partial charge in [0.25, 0.3) is 0 Å². The second kappa shape index (κ2) is 5.27. The van der Waals surface area contributed by atoms with Gasteiger partial charge in [0.1, 0.15) is 5.82 Å². The van der Waals surface area contributed by atoms with Gasteiger partial charge in [0.15, 0.2) is 0 Å². The first kappa shape index (κ1) is 13.2. The van der Waals surface area contributed by atoms with Gasteiger partial charge >= 0.3 is 0 Å². The van der Waals surface area contributed by atoms with Crippen LogP contribution < -0.4 is 0 Å². The van der Waals surface area contributed by atoms with Crippen LogP contribution in [0.15, 0.2) is 24.4 Å². The van der Waals surface area contributed by atoms with Crippen LogP contribution in [0.4, 0.5) is 0 Å². The third-order valence-electron chi connectivity index (χ3n) is 4.20. The smallest absolute Gasteiger partial charge is 0.222 e. The summed E-state index contributed by atoms with van der Waals surface area (Å²) in [5.74, 6) is 1.71. The Morgan fingerprint density at radius 1 is 1.45 bits per heavy atom. The molecule has 2 aromatic rings. The minimum atomic E-state index is 0.257. The number of fused-ring (bicyclic) bond motifs is 1. The molecule has 4 heteroatoms. The monoisotopic (exact) mass is 271 g/mol. The molecule has 4 nitrogen and oxygen atoms in total. The number of amides is 1. The van der Waals surface area contributed by atoms with Crippen LogP contribution in [-0.2, 0) is 4.79 Å². The Hall–Kier alpha value is -1.84. The largest absolute Gasteiger partial charge is 0.342 e. The maximum absolute atomic E-state index is 11.9. The van der Waals surface area contributed by atoms with Crippen molar-refractivity contribution in [1.82, 2.24) is 14.3 Å². The fourth-order valence-corrected chi connectivity index (χ4v) is 3.15. The van der Waals surface area contributed by atoms with Gasteiger partial charge in [0.2, 0.25) is 5.91 Å². The van der Waals surface area contributed by atoms with E-state index in [4.69, 9.17) is 4.98 Å². The summed E-state index contributed by atoms with van der Waals surface area (Å²) in [5.41, 5.74) is 2.24. The topological polar surface area (TPSA) is 37.6 Å². The van der Waals surface area contributed by atoms with Gasteiger partial charge in [-0.1, -0.05) is 13.0 Å². The normalized spacial score (nSPS) is 19.5. The maximum atomic E-state index is 11.9. The molecule has 0 bridgehead atoms. The van der Waals surface area contributed by atoms with E-state index in [-0.39, 0.29) is 5.91 Å². The zero-order valence-corrected chi connectivity index (χ0v) is 12.2. The lowest BCUT2D eigenvalue weighted by Crippen LogP contribution is -2.39. The van der Waals surface area contributed by atoms with Crippen molar-refractivity contribution in [2.75, 3.05) is 13.1 Å². The average molecular weight is 271 g/mol. The summed E-state index contributed by atoms with van der Waals surface area (Å²) in [5, 5.41) is 0. The molecule has 3 heterocycles. The molecular weight excluding hydrogens is 250 g/mol. The molecule has 3 rings (SSSR count). The number of imidazole rings is 1. The van der Waals surface area contributed by atoms with Crippen molar-refractivity contribution >= 4 is 11.4 Å². The second-order valence-corrected chi connectivity index (χ2v) is 5.54. The first-order valence-electron chi connectivity index (χ1n) is 7.42. The molecule has 1 aliphatic heterocycles. The van der Waals surface area contributed by atoms with Gasteiger partial charge in [-0.2, -0.15) is 0 Å². The zero-order valence-electron chi connectivity index (χ0n) is 12.2. The number of hydrogen-bond acceptors (Lipinski definition) is 2. The summed E-state index contributed by atoms with van der Waals surface area (Å²) < 4.78 is 2.18. The Balaban J connectivity index is 1.93. The molecule has 1 fully saturated rings. The van der Waals surface area contributed by atoms with E-state index in [1.165, 1.54) is 5.52 Å². The van der Waals surface area contributed by atoms with E-state index < -0.39 is 0 Å². The highest BCUT2D eigenvalue weighted by atomic mass is 16.2. The Bertz CT molecular complexity index is 632. The van der Waals surface area contributed by atoms with Crippen LogP contribution in [0.25, 0.3) is 5.52 Å². The van der Waals surface area contributed by atoms with Crippen molar-refractivity contribution in [3.05, 3.63) is 35.9 Å². The Labute approximate surface area is 119 Å². The number of hydrogen-bond donors (Lipinski definition) is 0. The fourth-order valence-electron chi connectivity index (χ4n) is 3.15. The van der Waals surface area contributed by atoms with Crippen LogP contribution in [0.5, 0.6) is 0 Å². The van der Waals surface area contributed by atoms with Gasteiger partial charge in [0, 0.05) is 31.6 Å². The molecule has 1 atom stereocenters. The Kier molecular flexibility index (Phi) is 3.47. The lowest BCUT2D eigenvalue weighted by molar-refractivity contribution is -0.132. The lowest BCUT2D eigenvalue weighted by atomic mass is 9.97. The number of nitrogens with zero attached hydrogens (tertiary/aromatic N) is 3. The SMILES string of the molecule is CCC(=O)N1CCCC(c2nc(C)c3ccccn23)C1. The second-order valence-electron chi connectivity index (χ2n) is 5.54. The van der Waals surface area contributed by atoms with Gasteiger partial charge in [-0.25, -0.2) is 4.98 Å². The third kappa shape index (κ3) is 2.19. The summed E-state index contributed by atoms with van der Waals surface area (Å²) in [7, 11) is 0. The first-order chi connectivity index (χ1) is 9.70. The fraction of sp³-hybridized carbons (Fsp3) is 0.500. The van der Waals surface area contributed by atoms with E-state index in [2.05, 4.69) is 23.6 Å². The summed E-state index contributed by atoms with van der Waals surface area (Å²) in [4.78, 5) is 18.7. The van der Waals surface area contributed by atoms with Crippen molar-refractivity contribution in [1.29, 1.82) is 0 Å². The van der Waals surface area contributed by atoms with Crippen molar-refractivity contribution < 1.29 is 4.79 Å². The molecule has 1 saturated heterocycles. The van der Waals surface area contributed by atoms with Gasteiger partial charge in [0.05, 0.1) is 11.2 Å². The highest BCUT2D eigenvalue weighted by molar-refractivity contribution is 5.76. The molecule has 0 N–H and O–H groups in total. The quantitative estimate of drug-likeness (QED) is 0.842. The summed E-state index contributed by atoms with van der Waals surface area (Å²) in [6.07, 6.45) is 4.84. The molecule has 0 spiro atoms. The molecule has 2 aromatic heterocycles. The van der Waals surface area contributed by atoms with Crippen LogP contribution in [0.1, 0.15) is 43.6 Å². The molecular formula is C16H21N3O. The maximum Gasteiger partial charge on any atom is 0.222 e. The summed E-state index contributed by atoms with van der Waals surface area (Å²) in [6, 6.07) is 6.18. The summed E-state index contributed by atoms with van der Waals surface area (Å²) >= 11 is 0. The summed E-state index contributed by atoms with van der Waals surface area (Å²) in [6.45, 7) is 5.68. The zero-order chi connectivity index (χ0) is 14.1. The number of likely N-dealkylation sites (tertiary alicyclic amines) is 1. The number of piperidine rings is 1. The van der Waals surface area contributed by atoms with Crippen molar-refractivity contribution in [2.24, 2.45) is 0 Å². The highest BCUT2D eigenvalue weighted by Crippen LogP contribution is 2.28. The number of rotatable bonds is 2. The van der Waals surface area contributed by atoms with Crippen molar-refractivity contribution in [2.45, 2.75) is 39.0 Å². The molecule has 0 radical (unpaired) electrons. The third-order valence-corrected chi connectivity index (χ3v) is 4.20. The number of aryl methyl sites for hydroxylation is 1. The molecule has 1 unspecified atom stereocenters. The minimum absolute atomic E-state index is 0.257. The van der Waals surface area contributed by atoms with E-state index >= 15 is 0 Å². The minimum Gasteiger partial charge on any atom is -0.342 e. The van der Waals surface area contributed by atoms with Crippen LogP contribution in [-0.4, -0.2) is 33.3 Å². The molecule has 0 aliphatic carbocycles. The number of aromatic nitrogens is 2. The highest BCUT2D eigenvalue weighted by Gasteiger charge is 2.27. The standard InChI is InChI=1S/C16H21N3O/c1-3-15(20)18-9-6-7-13(11-18)16-17-12(2)14-8-4-5-10-19(14)16/h4-5,8,10,13H,3,6-7,9,11H2,1-2H3. The first-order valence-corrected chi connectivity index (χ1v) is 7.42.